The van der Waals surface area contributed by atoms with E-state index in [1.807, 2.05) is 12.3 Å². The monoisotopic (exact) mass is 280 g/mol. The third-order valence-corrected chi connectivity index (χ3v) is 4.62. The van der Waals surface area contributed by atoms with Crippen LogP contribution in [0.5, 0.6) is 0 Å². The molecule has 2 aliphatic heterocycles. The van der Waals surface area contributed by atoms with Crippen LogP contribution in [0.3, 0.4) is 0 Å². The van der Waals surface area contributed by atoms with E-state index in [1.165, 1.54) is 32.7 Å². The van der Waals surface area contributed by atoms with Crippen LogP contribution >= 0.6 is 11.6 Å². The minimum atomic E-state index is 0.697. The van der Waals surface area contributed by atoms with Crippen LogP contribution < -0.4 is 4.90 Å². The molecule has 0 spiro atoms. The first-order valence-corrected chi connectivity index (χ1v) is 7.46. The summed E-state index contributed by atoms with van der Waals surface area (Å²) in [5.74, 6) is 0. The van der Waals surface area contributed by atoms with Crippen molar-refractivity contribution in [3.63, 3.8) is 0 Å². The molecule has 1 aromatic heterocycles. The van der Waals surface area contributed by atoms with Crippen molar-refractivity contribution in [2.24, 2.45) is 0 Å². The minimum Gasteiger partial charge on any atom is -0.367 e. The number of rotatable bonds is 3. The first-order chi connectivity index (χ1) is 9.28. The first-order valence-electron chi connectivity index (χ1n) is 7.09. The van der Waals surface area contributed by atoms with Gasteiger partial charge in [0.2, 0.25) is 0 Å². The average Bonchev–Trinajstić information content (AvgIpc) is 2.40. The smallest absolute Gasteiger partial charge is 0.0822 e. The Morgan fingerprint density at radius 1 is 1.26 bits per heavy atom. The zero-order valence-corrected chi connectivity index (χ0v) is 12.2. The molecule has 0 aliphatic carbocycles. The van der Waals surface area contributed by atoms with E-state index in [0.29, 0.717) is 6.04 Å². The molecule has 0 N–H and O–H groups in total. The Morgan fingerprint density at radius 2 is 2.00 bits per heavy atom. The molecule has 2 fully saturated rings. The molecule has 5 heteroatoms. The summed E-state index contributed by atoms with van der Waals surface area (Å²) in [5, 5.41) is 0.761. The van der Waals surface area contributed by atoms with Crippen LogP contribution in [0.25, 0.3) is 0 Å². The standard InChI is InChI=1S/C14H21ClN4/c1-2-17-5-7-18(8-6-17)12-10-19(11-12)14-3-4-16-9-13(14)15/h3-4,9,12H,2,5-8,10-11H2,1H3. The molecule has 0 saturated carbocycles. The second kappa shape index (κ2) is 5.65. The normalized spacial score (nSPS) is 22.5. The molecule has 4 nitrogen and oxygen atoms in total. The Bertz CT molecular complexity index is 425. The van der Waals surface area contributed by atoms with Crippen molar-refractivity contribution in [1.29, 1.82) is 0 Å². The molecular formula is C14H21ClN4. The molecule has 0 aromatic carbocycles. The molecule has 2 aliphatic rings. The number of likely N-dealkylation sites (N-methyl/N-ethyl adjacent to an activating group) is 1. The molecule has 3 heterocycles. The highest BCUT2D eigenvalue weighted by Gasteiger charge is 2.34. The molecular weight excluding hydrogens is 260 g/mol. The lowest BCUT2D eigenvalue weighted by Crippen LogP contribution is -2.63. The van der Waals surface area contributed by atoms with Gasteiger partial charge in [0, 0.05) is 57.7 Å². The van der Waals surface area contributed by atoms with Crippen molar-refractivity contribution >= 4 is 17.3 Å². The van der Waals surface area contributed by atoms with Gasteiger partial charge in [0.1, 0.15) is 0 Å². The Kier molecular flexibility index (Phi) is 3.91. The van der Waals surface area contributed by atoms with Crippen LogP contribution in [0, 0.1) is 0 Å². The number of nitrogens with zero attached hydrogens (tertiary/aromatic N) is 4. The van der Waals surface area contributed by atoms with Gasteiger partial charge in [-0.05, 0) is 12.6 Å². The summed E-state index contributed by atoms with van der Waals surface area (Å²) in [6.07, 6.45) is 3.54. The fraction of sp³-hybridized carbons (Fsp3) is 0.643. The third kappa shape index (κ3) is 2.71. The van der Waals surface area contributed by atoms with Crippen molar-refractivity contribution in [3.05, 3.63) is 23.5 Å². The zero-order chi connectivity index (χ0) is 13.2. The van der Waals surface area contributed by atoms with Gasteiger partial charge in [-0.3, -0.25) is 9.88 Å². The predicted molar refractivity (Wildman–Crippen MR) is 78.9 cm³/mol. The minimum absolute atomic E-state index is 0.697. The topological polar surface area (TPSA) is 22.6 Å². The Morgan fingerprint density at radius 3 is 2.63 bits per heavy atom. The molecule has 19 heavy (non-hydrogen) atoms. The third-order valence-electron chi connectivity index (χ3n) is 4.32. The van der Waals surface area contributed by atoms with Crippen molar-refractivity contribution in [2.45, 2.75) is 13.0 Å². The molecule has 0 radical (unpaired) electrons. The van der Waals surface area contributed by atoms with Gasteiger partial charge in [0.15, 0.2) is 0 Å². The maximum Gasteiger partial charge on any atom is 0.0822 e. The Balaban J connectivity index is 1.52. The number of hydrogen-bond acceptors (Lipinski definition) is 4. The van der Waals surface area contributed by atoms with Gasteiger partial charge in [-0.25, -0.2) is 0 Å². The number of halogens is 1. The van der Waals surface area contributed by atoms with Crippen molar-refractivity contribution in [1.82, 2.24) is 14.8 Å². The molecule has 2 saturated heterocycles. The van der Waals surface area contributed by atoms with E-state index in [4.69, 9.17) is 11.6 Å². The highest BCUT2D eigenvalue weighted by Crippen LogP contribution is 2.29. The molecule has 3 rings (SSSR count). The maximum atomic E-state index is 6.18. The second-order valence-corrected chi connectivity index (χ2v) is 5.76. The number of piperazine rings is 1. The summed E-state index contributed by atoms with van der Waals surface area (Å²) in [5.41, 5.74) is 1.13. The summed E-state index contributed by atoms with van der Waals surface area (Å²) in [6.45, 7) is 10.4. The van der Waals surface area contributed by atoms with Crippen LogP contribution in [0.15, 0.2) is 18.5 Å². The van der Waals surface area contributed by atoms with E-state index in [9.17, 15) is 0 Å². The Labute approximate surface area is 120 Å². The summed E-state index contributed by atoms with van der Waals surface area (Å²) in [6, 6.07) is 2.70. The van der Waals surface area contributed by atoms with E-state index < -0.39 is 0 Å². The zero-order valence-electron chi connectivity index (χ0n) is 11.4. The molecule has 104 valence electrons. The molecule has 0 unspecified atom stereocenters. The van der Waals surface area contributed by atoms with Gasteiger partial charge in [-0.15, -0.1) is 0 Å². The summed E-state index contributed by atoms with van der Waals surface area (Å²) in [7, 11) is 0. The average molecular weight is 281 g/mol. The predicted octanol–water partition coefficient (Wildman–Crippen LogP) is 1.56. The summed E-state index contributed by atoms with van der Waals surface area (Å²) in [4.78, 5) is 11.5. The van der Waals surface area contributed by atoms with Crippen LogP contribution in [0.1, 0.15) is 6.92 Å². The van der Waals surface area contributed by atoms with Crippen molar-refractivity contribution in [3.8, 4) is 0 Å². The van der Waals surface area contributed by atoms with E-state index in [1.54, 1.807) is 6.20 Å². The van der Waals surface area contributed by atoms with Crippen LogP contribution in [0.2, 0.25) is 5.02 Å². The van der Waals surface area contributed by atoms with Crippen molar-refractivity contribution < 1.29 is 0 Å². The molecule has 0 amide bonds. The lowest BCUT2D eigenvalue weighted by molar-refractivity contribution is 0.0861. The fourth-order valence-corrected chi connectivity index (χ4v) is 3.19. The number of aromatic nitrogens is 1. The maximum absolute atomic E-state index is 6.18. The number of pyridine rings is 1. The highest BCUT2D eigenvalue weighted by atomic mass is 35.5. The lowest BCUT2D eigenvalue weighted by Gasteiger charge is -2.49. The summed E-state index contributed by atoms with van der Waals surface area (Å²) >= 11 is 6.18. The van der Waals surface area contributed by atoms with Crippen LogP contribution in [-0.4, -0.2) is 66.6 Å². The second-order valence-electron chi connectivity index (χ2n) is 5.36. The van der Waals surface area contributed by atoms with Gasteiger partial charge in [0.05, 0.1) is 10.7 Å². The van der Waals surface area contributed by atoms with Gasteiger partial charge in [-0.2, -0.15) is 0 Å². The van der Waals surface area contributed by atoms with Gasteiger partial charge in [-0.1, -0.05) is 18.5 Å². The molecule has 0 bridgehead atoms. The molecule has 1 aromatic rings. The summed E-state index contributed by atoms with van der Waals surface area (Å²) < 4.78 is 0. The fourth-order valence-electron chi connectivity index (χ4n) is 2.95. The quantitative estimate of drug-likeness (QED) is 0.838. The van der Waals surface area contributed by atoms with Crippen LogP contribution in [0.4, 0.5) is 5.69 Å². The van der Waals surface area contributed by atoms with E-state index in [-0.39, 0.29) is 0 Å². The lowest BCUT2D eigenvalue weighted by atomic mass is 10.0. The largest absolute Gasteiger partial charge is 0.367 e. The Hall–Kier alpha value is -0.840. The number of anilines is 1. The van der Waals surface area contributed by atoms with E-state index in [2.05, 4.69) is 26.6 Å². The number of hydrogen-bond donors (Lipinski definition) is 0. The first kappa shape index (κ1) is 13.2. The van der Waals surface area contributed by atoms with Gasteiger partial charge in [0.25, 0.3) is 0 Å². The highest BCUT2D eigenvalue weighted by molar-refractivity contribution is 6.33. The van der Waals surface area contributed by atoms with E-state index >= 15 is 0 Å². The SMILES string of the molecule is CCN1CCN(C2CN(c3ccncc3Cl)C2)CC1. The molecule has 0 atom stereocenters. The van der Waals surface area contributed by atoms with Crippen molar-refractivity contribution in [2.75, 3.05) is 50.7 Å². The van der Waals surface area contributed by atoms with E-state index in [0.717, 1.165) is 23.8 Å². The van der Waals surface area contributed by atoms with Gasteiger partial charge >= 0.3 is 0 Å². The van der Waals surface area contributed by atoms with Gasteiger partial charge < -0.3 is 9.80 Å². The van der Waals surface area contributed by atoms with Crippen LogP contribution in [-0.2, 0) is 0 Å².